The van der Waals surface area contributed by atoms with Crippen molar-refractivity contribution in [3.63, 3.8) is 0 Å². The third-order valence-electron chi connectivity index (χ3n) is 12.9. The molecule has 0 saturated heterocycles. The van der Waals surface area contributed by atoms with E-state index in [1.807, 2.05) is 6.92 Å². The average Bonchev–Trinajstić information content (AvgIpc) is 4.19. The van der Waals surface area contributed by atoms with Gasteiger partial charge in [0.05, 0.1) is 17.1 Å². The van der Waals surface area contributed by atoms with Gasteiger partial charge in [0.25, 0.3) is 41.4 Å². The largest absolute Gasteiger partial charge is 0.356 e. The minimum absolute atomic E-state index is 0.0146. The number of carbonyl (C=O) groups excluding carboxylic acids is 11. The molecule has 460 valence electrons. The number of hydrogen-bond donors (Lipinski definition) is 11. The van der Waals surface area contributed by atoms with Crippen molar-refractivity contribution in [3.05, 3.63) is 108 Å². The number of aromatic nitrogens is 11. The topological polar surface area (TPSA) is 406 Å². The summed E-state index contributed by atoms with van der Waals surface area (Å²) in [5.41, 5.74) is 1.58. The highest BCUT2D eigenvalue weighted by Crippen LogP contribution is 2.19. The summed E-state index contributed by atoms with van der Waals surface area (Å²) in [6, 6.07) is 4.40. The quantitative estimate of drug-likeness (QED) is 0.0301. The monoisotopic (exact) mass is 1200 g/mol. The van der Waals surface area contributed by atoms with Crippen LogP contribution in [0.3, 0.4) is 0 Å². The molecule has 0 aliphatic carbocycles. The van der Waals surface area contributed by atoms with Gasteiger partial charge in [-0.15, -0.1) is 0 Å². The third kappa shape index (κ3) is 17.2. The molecule has 7 aromatic heterocycles. The molecule has 0 radical (unpaired) electrons. The molecule has 0 fully saturated rings. The van der Waals surface area contributed by atoms with Gasteiger partial charge in [0.15, 0.2) is 23.3 Å². The van der Waals surface area contributed by atoms with Crippen LogP contribution in [-0.4, -0.2) is 150 Å². The molecule has 87 heavy (non-hydrogen) atoms. The van der Waals surface area contributed by atoms with Gasteiger partial charge in [-0.05, 0) is 31.0 Å². The molecule has 0 spiro atoms. The fourth-order valence-electron chi connectivity index (χ4n) is 8.57. The number of nitrogens with zero attached hydrogens (tertiary/aromatic N) is 11. The molecule has 11 N–H and O–H groups in total. The first kappa shape index (κ1) is 63.4. The zero-order valence-electron chi connectivity index (χ0n) is 49.0. The number of nitrogens with one attached hydrogen (secondary N) is 11. The van der Waals surface area contributed by atoms with Crippen molar-refractivity contribution < 1.29 is 52.7 Å². The summed E-state index contributed by atoms with van der Waals surface area (Å²) in [6.45, 7) is 2.58. The molecule has 0 aliphatic rings. The fourth-order valence-corrected chi connectivity index (χ4v) is 8.57. The number of aryl methyl sites for hydroxylation is 7. The van der Waals surface area contributed by atoms with E-state index in [2.05, 4.69) is 78.4 Å². The van der Waals surface area contributed by atoms with E-state index >= 15 is 0 Å². The zero-order valence-corrected chi connectivity index (χ0v) is 49.0. The summed E-state index contributed by atoms with van der Waals surface area (Å²) < 4.78 is 10.3. The van der Waals surface area contributed by atoms with Crippen molar-refractivity contribution >= 4 is 99.5 Å². The van der Waals surface area contributed by atoms with Crippen LogP contribution in [-0.2, 0) is 68.5 Å². The number of anilines is 6. The molecule has 0 bridgehead atoms. The van der Waals surface area contributed by atoms with E-state index in [1.165, 1.54) is 82.8 Å². The van der Waals surface area contributed by atoms with Crippen LogP contribution in [0, 0.1) is 0 Å². The van der Waals surface area contributed by atoms with Crippen LogP contribution in [0.5, 0.6) is 0 Å². The van der Waals surface area contributed by atoms with Gasteiger partial charge in [0.1, 0.15) is 17.1 Å². The normalized spacial score (nSPS) is 10.9. The van der Waals surface area contributed by atoms with Crippen molar-refractivity contribution in [2.24, 2.45) is 49.3 Å². The fraction of sp³-hybridized carbons (Fsp3) is 0.352. The van der Waals surface area contributed by atoms with Crippen molar-refractivity contribution in [1.29, 1.82) is 0 Å². The number of rotatable bonds is 28. The predicted molar refractivity (Wildman–Crippen MR) is 315 cm³/mol. The molecule has 7 rings (SSSR count). The molecule has 0 unspecified atom stereocenters. The lowest BCUT2D eigenvalue weighted by molar-refractivity contribution is -0.121. The molecule has 0 aromatic carbocycles. The van der Waals surface area contributed by atoms with Crippen LogP contribution in [0.2, 0.25) is 0 Å². The SMILES string of the molecule is CCCNC(=O)CCNC(=O)c1nc(NC(=O)c2cc(NC(=O)CCNC(=O)c3nc(NC(=O)CCCNC(=O)c4cc(NC(=O)c5nc(NC(=O)CCNC(=O)c6cc(NC(=O)c7nccn7C)cn6C)cn5C)cn4C)cn3C)cn2C)cn1C. The Hall–Kier alpha value is -11.2. The highest BCUT2D eigenvalue weighted by molar-refractivity contribution is 6.06. The first-order chi connectivity index (χ1) is 41.5. The number of carbonyl (C=O) groups is 11. The summed E-state index contributed by atoms with van der Waals surface area (Å²) in [5.74, 6) is -4.90. The van der Waals surface area contributed by atoms with E-state index in [1.54, 1.807) is 66.3 Å². The van der Waals surface area contributed by atoms with E-state index in [0.717, 1.165) is 6.42 Å². The van der Waals surface area contributed by atoms with Gasteiger partial charge in [-0.2, -0.15) is 0 Å². The van der Waals surface area contributed by atoms with Crippen molar-refractivity contribution in [3.8, 4) is 0 Å². The molecular weight excluding hydrogens is 1130 g/mol. The Morgan fingerprint density at radius 3 is 1.22 bits per heavy atom. The van der Waals surface area contributed by atoms with Crippen molar-refractivity contribution in [2.45, 2.75) is 45.4 Å². The number of hydrogen-bond acceptors (Lipinski definition) is 15. The minimum atomic E-state index is -0.633. The van der Waals surface area contributed by atoms with Crippen LogP contribution < -0.4 is 58.5 Å². The van der Waals surface area contributed by atoms with Crippen molar-refractivity contribution in [1.82, 2.24) is 78.5 Å². The molecule has 7 heterocycles. The van der Waals surface area contributed by atoms with Crippen LogP contribution in [0.1, 0.15) is 119 Å². The highest BCUT2D eigenvalue weighted by Gasteiger charge is 2.23. The van der Waals surface area contributed by atoms with Gasteiger partial charge in [0, 0.05) is 157 Å². The summed E-state index contributed by atoms with van der Waals surface area (Å²) >= 11 is 0. The molecule has 0 atom stereocenters. The van der Waals surface area contributed by atoms with Crippen LogP contribution in [0.4, 0.5) is 34.5 Å². The Labute approximate surface area is 496 Å². The van der Waals surface area contributed by atoms with Crippen LogP contribution in [0.25, 0.3) is 0 Å². The lowest BCUT2D eigenvalue weighted by Crippen LogP contribution is -2.32. The Morgan fingerprint density at radius 2 is 0.747 bits per heavy atom. The Morgan fingerprint density at radius 1 is 0.356 bits per heavy atom. The molecule has 0 saturated carbocycles. The Kier molecular flexibility index (Phi) is 21.1. The van der Waals surface area contributed by atoms with Crippen LogP contribution in [0.15, 0.2) is 67.8 Å². The van der Waals surface area contributed by atoms with Gasteiger partial charge >= 0.3 is 0 Å². The summed E-state index contributed by atoms with van der Waals surface area (Å²) in [5, 5.41) is 29.3. The predicted octanol–water partition coefficient (Wildman–Crippen LogP) is 0.705. The summed E-state index contributed by atoms with van der Waals surface area (Å²) in [6.07, 6.45) is 12.9. The molecule has 33 nitrogen and oxygen atoms in total. The maximum Gasteiger partial charge on any atom is 0.291 e. The summed E-state index contributed by atoms with van der Waals surface area (Å²) in [7, 11) is 11.2. The van der Waals surface area contributed by atoms with E-state index in [9.17, 15) is 52.7 Å². The molecule has 0 aliphatic heterocycles. The van der Waals surface area contributed by atoms with E-state index in [4.69, 9.17) is 0 Å². The molecular formula is C54H68N22O11. The Balaban J connectivity index is 0.769. The van der Waals surface area contributed by atoms with Gasteiger partial charge < -0.3 is 90.5 Å². The molecule has 33 heteroatoms. The maximum atomic E-state index is 13.3. The standard InChI is InChI=1S/C54H68N22O11/c1-9-15-55-40(77)12-17-59-52(85)46-68-39(30-75(46)7)69-50(83)36-22-31(25-73(36)5)61-42(79)13-19-60-51(84)45-66-37(28-74(45)6)64-41(78)11-10-16-57-48(81)34-24-33(27-71(34)3)63-54(87)47-67-38(29-76(47)8)65-43(80)14-18-58-49(82)35-23-32(26-72(35)4)62-53(86)44-56-20-21-70(44)2/h20-30H,9-19H2,1-8H3,(H,55,77)(H,57,81)(H,58,82)(H,59,85)(H,60,84)(H,61,79)(H,62,86)(H,63,87)(H,64,78)(H,65,80)(H,69,83). The maximum absolute atomic E-state index is 13.3. The lowest BCUT2D eigenvalue weighted by Gasteiger charge is -2.06. The first-order valence-corrected chi connectivity index (χ1v) is 27.3. The third-order valence-corrected chi connectivity index (χ3v) is 12.9. The first-order valence-electron chi connectivity index (χ1n) is 27.3. The highest BCUT2D eigenvalue weighted by atomic mass is 16.2. The van der Waals surface area contributed by atoms with Gasteiger partial charge in [0.2, 0.25) is 41.1 Å². The Bertz CT molecular complexity index is 3750. The smallest absolute Gasteiger partial charge is 0.291 e. The second kappa shape index (κ2) is 28.9. The molecule has 11 amide bonds. The second-order valence-corrected chi connectivity index (χ2v) is 20.0. The average molecular weight is 1200 g/mol. The van der Waals surface area contributed by atoms with E-state index in [-0.39, 0.29) is 128 Å². The van der Waals surface area contributed by atoms with Gasteiger partial charge in [-0.1, -0.05) is 6.92 Å². The van der Waals surface area contributed by atoms with Gasteiger partial charge in [-0.3, -0.25) is 52.7 Å². The van der Waals surface area contributed by atoms with Gasteiger partial charge in [-0.25, -0.2) is 19.9 Å². The lowest BCUT2D eigenvalue weighted by atomic mass is 10.3. The minimum Gasteiger partial charge on any atom is -0.356 e. The van der Waals surface area contributed by atoms with E-state index in [0.29, 0.717) is 17.9 Å². The molecule has 7 aromatic rings. The second-order valence-electron chi connectivity index (χ2n) is 20.0. The van der Waals surface area contributed by atoms with Crippen molar-refractivity contribution in [2.75, 3.05) is 64.6 Å². The van der Waals surface area contributed by atoms with E-state index < -0.39 is 59.1 Å². The zero-order chi connectivity index (χ0) is 63.1. The number of imidazole rings is 4. The number of amides is 11. The van der Waals surface area contributed by atoms with Crippen LogP contribution >= 0.6 is 0 Å². The summed E-state index contributed by atoms with van der Waals surface area (Å²) in [4.78, 5) is 158.